The number of hydrogen-bond acceptors (Lipinski definition) is 4. The van der Waals surface area contributed by atoms with Crippen molar-refractivity contribution < 1.29 is 14.3 Å². The number of hydrogen-bond donors (Lipinski definition) is 1. The van der Waals surface area contributed by atoms with Gasteiger partial charge in [0.1, 0.15) is 12.4 Å². The van der Waals surface area contributed by atoms with Crippen molar-refractivity contribution in [2.24, 2.45) is 10.9 Å². The monoisotopic (exact) mass is 375 g/mol. The molecule has 1 N–H and O–H groups in total. The molecule has 1 aliphatic heterocycles. The van der Waals surface area contributed by atoms with Crippen molar-refractivity contribution in [3.05, 3.63) is 29.8 Å². The van der Waals surface area contributed by atoms with Crippen LogP contribution in [0.2, 0.25) is 0 Å². The predicted molar refractivity (Wildman–Crippen MR) is 108 cm³/mol. The van der Waals surface area contributed by atoms with Crippen molar-refractivity contribution in [2.45, 2.75) is 39.5 Å². The lowest BCUT2D eigenvalue weighted by molar-refractivity contribution is -0.149. The van der Waals surface area contributed by atoms with Gasteiger partial charge in [-0.3, -0.25) is 9.79 Å². The summed E-state index contributed by atoms with van der Waals surface area (Å²) in [4.78, 5) is 18.4. The second kappa shape index (κ2) is 10.8. The summed E-state index contributed by atoms with van der Waals surface area (Å²) in [7, 11) is 1.78. The lowest BCUT2D eigenvalue weighted by Gasteiger charge is -2.33. The summed E-state index contributed by atoms with van der Waals surface area (Å²) in [5, 5.41) is 3.34. The highest BCUT2D eigenvalue weighted by Gasteiger charge is 2.27. The number of guanidine groups is 1. The second-order valence-corrected chi connectivity index (χ2v) is 7.06. The Morgan fingerprint density at radius 3 is 2.48 bits per heavy atom. The van der Waals surface area contributed by atoms with Gasteiger partial charge in [-0.05, 0) is 43.4 Å². The Hall–Kier alpha value is -2.24. The number of rotatable bonds is 7. The van der Waals surface area contributed by atoms with Gasteiger partial charge in [-0.25, -0.2) is 0 Å². The van der Waals surface area contributed by atoms with Crippen LogP contribution in [0.3, 0.4) is 0 Å². The number of nitrogens with zero attached hydrogens (tertiary/aromatic N) is 2. The summed E-state index contributed by atoms with van der Waals surface area (Å²) < 4.78 is 10.9. The van der Waals surface area contributed by atoms with Crippen LogP contribution in [0.5, 0.6) is 5.75 Å². The number of carbonyl (C=O) groups excluding carboxylic acids is 1. The van der Waals surface area contributed by atoms with Crippen molar-refractivity contribution in [3.63, 3.8) is 0 Å². The standard InChI is InChI=1S/C21H33N3O3/c1-5-26-20(25)18-10-13-24(14-11-18)21(22-4)23-12-15-27-19-8-6-17(7-9-19)16(2)3/h6-9,16,18H,5,10-15H2,1-4H3,(H,22,23). The topological polar surface area (TPSA) is 63.2 Å². The van der Waals surface area contributed by atoms with E-state index in [0.717, 1.165) is 37.6 Å². The molecule has 1 saturated heterocycles. The summed E-state index contributed by atoms with van der Waals surface area (Å²) in [6, 6.07) is 8.26. The van der Waals surface area contributed by atoms with Gasteiger partial charge in [0.15, 0.2) is 5.96 Å². The molecule has 0 bridgehead atoms. The Kier molecular flexibility index (Phi) is 8.43. The van der Waals surface area contributed by atoms with E-state index in [1.807, 2.05) is 19.1 Å². The summed E-state index contributed by atoms with van der Waals surface area (Å²) in [5.41, 5.74) is 1.31. The molecule has 150 valence electrons. The van der Waals surface area contributed by atoms with Gasteiger partial charge in [0.2, 0.25) is 0 Å². The maximum atomic E-state index is 11.8. The van der Waals surface area contributed by atoms with E-state index in [9.17, 15) is 4.79 Å². The van der Waals surface area contributed by atoms with E-state index in [2.05, 4.69) is 41.2 Å². The molecule has 0 atom stereocenters. The van der Waals surface area contributed by atoms with Crippen molar-refractivity contribution in [2.75, 3.05) is 39.9 Å². The molecule has 0 radical (unpaired) electrons. The smallest absolute Gasteiger partial charge is 0.309 e. The number of piperidine rings is 1. The molecule has 1 heterocycles. The van der Waals surface area contributed by atoms with Crippen molar-refractivity contribution in [3.8, 4) is 5.75 Å². The SMILES string of the molecule is CCOC(=O)C1CCN(C(=NC)NCCOc2ccc(C(C)C)cc2)CC1. The van der Waals surface area contributed by atoms with Gasteiger partial charge in [0.05, 0.1) is 19.1 Å². The van der Waals surface area contributed by atoms with Gasteiger partial charge in [0.25, 0.3) is 0 Å². The molecule has 0 amide bonds. The van der Waals surface area contributed by atoms with Crippen LogP contribution >= 0.6 is 0 Å². The number of nitrogens with one attached hydrogen (secondary N) is 1. The number of carbonyl (C=O) groups is 1. The lowest BCUT2D eigenvalue weighted by Crippen LogP contribution is -2.47. The molecule has 1 fully saturated rings. The summed E-state index contributed by atoms with van der Waals surface area (Å²) >= 11 is 0. The fourth-order valence-electron chi connectivity index (χ4n) is 3.20. The minimum absolute atomic E-state index is 0.0106. The fraction of sp³-hybridized carbons (Fsp3) is 0.619. The molecule has 0 spiro atoms. The highest BCUT2D eigenvalue weighted by Crippen LogP contribution is 2.19. The number of likely N-dealkylation sites (tertiary alicyclic amines) is 1. The Morgan fingerprint density at radius 1 is 1.26 bits per heavy atom. The first-order valence-electron chi connectivity index (χ1n) is 9.90. The molecule has 0 unspecified atom stereocenters. The molecule has 1 aromatic rings. The lowest BCUT2D eigenvalue weighted by atomic mass is 9.97. The van der Waals surface area contributed by atoms with Crippen molar-refractivity contribution >= 4 is 11.9 Å². The minimum Gasteiger partial charge on any atom is -0.492 e. The minimum atomic E-state index is -0.0722. The van der Waals surface area contributed by atoms with E-state index in [-0.39, 0.29) is 11.9 Å². The van der Waals surface area contributed by atoms with E-state index in [4.69, 9.17) is 9.47 Å². The van der Waals surface area contributed by atoms with Crippen molar-refractivity contribution in [1.29, 1.82) is 0 Å². The number of aliphatic imine (C=N–C) groups is 1. The van der Waals surface area contributed by atoms with Gasteiger partial charge >= 0.3 is 5.97 Å². The average Bonchev–Trinajstić information content (AvgIpc) is 2.69. The molecule has 6 heteroatoms. The average molecular weight is 376 g/mol. The van der Waals surface area contributed by atoms with Crippen LogP contribution in [0.4, 0.5) is 0 Å². The predicted octanol–water partition coefficient (Wildman–Crippen LogP) is 3.04. The first kappa shape index (κ1) is 21.1. The van der Waals surface area contributed by atoms with E-state index in [1.54, 1.807) is 7.05 Å². The van der Waals surface area contributed by atoms with Gasteiger partial charge in [-0.2, -0.15) is 0 Å². The third kappa shape index (κ3) is 6.45. The van der Waals surface area contributed by atoms with Crippen LogP contribution in [0, 0.1) is 5.92 Å². The van der Waals surface area contributed by atoms with Crippen LogP contribution in [0.1, 0.15) is 45.1 Å². The number of esters is 1. The molecule has 2 rings (SSSR count). The van der Waals surface area contributed by atoms with Crippen LogP contribution < -0.4 is 10.1 Å². The van der Waals surface area contributed by atoms with Crippen LogP contribution in [0.15, 0.2) is 29.3 Å². The molecular formula is C21H33N3O3. The fourth-order valence-corrected chi connectivity index (χ4v) is 3.20. The summed E-state index contributed by atoms with van der Waals surface area (Å²) in [6.07, 6.45) is 1.61. The molecule has 27 heavy (non-hydrogen) atoms. The van der Waals surface area contributed by atoms with E-state index < -0.39 is 0 Å². The van der Waals surface area contributed by atoms with Crippen molar-refractivity contribution in [1.82, 2.24) is 10.2 Å². The molecule has 0 aliphatic carbocycles. The zero-order valence-corrected chi connectivity index (χ0v) is 17.0. The Morgan fingerprint density at radius 2 is 1.93 bits per heavy atom. The maximum absolute atomic E-state index is 11.8. The molecule has 1 aromatic carbocycles. The van der Waals surface area contributed by atoms with E-state index in [0.29, 0.717) is 25.7 Å². The van der Waals surface area contributed by atoms with Gasteiger partial charge in [-0.15, -0.1) is 0 Å². The molecule has 0 saturated carbocycles. The third-order valence-electron chi connectivity index (χ3n) is 4.83. The molecular weight excluding hydrogens is 342 g/mol. The first-order chi connectivity index (χ1) is 13.0. The van der Waals surface area contributed by atoms with E-state index >= 15 is 0 Å². The van der Waals surface area contributed by atoms with Gasteiger partial charge in [-0.1, -0.05) is 26.0 Å². The highest BCUT2D eigenvalue weighted by molar-refractivity contribution is 5.80. The molecule has 0 aromatic heterocycles. The zero-order valence-electron chi connectivity index (χ0n) is 17.0. The Balaban J connectivity index is 1.71. The third-order valence-corrected chi connectivity index (χ3v) is 4.83. The van der Waals surface area contributed by atoms with Crippen LogP contribution in [0.25, 0.3) is 0 Å². The summed E-state index contributed by atoms with van der Waals surface area (Å²) in [6.45, 7) is 9.51. The van der Waals surface area contributed by atoms with Crippen LogP contribution in [-0.4, -0.2) is 56.7 Å². The molecule has 6 nitrogen and oxygen atoms in total. The van der Waals surface area contributed by atoms with Gasteiger partial charge < -0.3 is 19.7 Å². The molecule has 1 aliphatic rings. The normalized spacial score (nSPS) is 15.7. The summed E-state index contributed by atoms with van der Waals surface area (Å²) in [5.74, 6) is 2.20. The Labute approximate surface area is 162 Å². The van der Waals surface area contributed by atoms with Gasteiger partial charge in [0, 0.05) is 20.1 Å². The van der Waals surface area contributed by atoms with E-state index in [1.165, 1.54) is 5.56 Å². The number of benzene rings is 1. The maximum Gasteiger partial charge on any atom is 0.309 e. The first-order valence-corrected chi connectivity index (χ1v) is 9.90. The highest BCUT2D eigenvalue weighted by atomic mass is 16.5. The number of ether oxygens (including phenoxy) is 2. The van der Waals surface area contributed by atoms with Crippen LogP contribution in [-0.2, 0) is 9.53 Å². The zero-order chi connectivity index (χ0) is 19.6. The largest absolute Gasteiger partial charge is 0.492 e. The quantitative estimate of drug-likeness (QED) is 0.343. The Bertz CT molecular complexity index is 606. The second-order valence-electron chi connectivity index (χ2n) is 7.06.